The highest BCUT2D eigenvalue weighted by Gasteiger charge is 2.33. The molecule has 3 heterocycles. The number of pyridine rings is 2. The summed E-state index contributed by atoms with van der Waals surface area (Å²) in [6.07, 6.45) is -3.42. The Morgan fingerprint density at radius 1 is 1.03 bits per heavy atom. The summed E-state index contributed by atoms with van der Waals surface area (Å²) in [5, 5.41) is 0.599. The van der Waals surface area contributed by atoms with Crippen molar-refractivity contribution in [2.75, 3.05) is 5.73 Å². The molecule has 0 saturated heterocycles. The zero-order valence-corrected chi connectivity index (χ0v) is 16.8. The van der Waals surface area contributed by atoms with Gasteiger partial charge in [0.25, 0.3) is 5.56 Å². The molecule has 0 saturated carbocycles. The Labute approximate surface area is 182 Å². The zero-order chi connectivity index (χ0) is 22.6. The number of nitrogen functional groups attached to an aromatic ring is 1. The number of aromatic nitrogens is 3. The lowest BCUT2D eigenvalue weighted by molar-refractivity contribution is -0.141. The molecule has 5 aromatic rings. The van der Waals surface area contributed by atoms with E-state index in [0.717, 1.165) is 10.6 Å². The number of nitrogens with zero attached hydrogens (tertiary/aromatic N) is 3. The second-order valence-electron chi connectivity index (χ2n) is 7.01. The van der Waals surface area contributed by atoms with Gasteiger partial charge in [0.1, 0.15) is 16.9 Å². The van der Waals surface area contributed by atoms with E-state index in [2.05, 4.69) is 9.97 Å². The Bertz CT molecular complexity index is 1560. The number of halogens is 4. The van der Waals surface area contributed by atoms with Crippen LogP contribution in [0.4, 0.5) is 18.9 Å². The maximum absolute atomic E-state index is 13.6. The minimum atomic E-state index is -4.69. The number of benzene rings is 2. The second kappa shape index (κ2) is 7.10. The quantitative estimate of drug-likeness (QED) is 0.382. The van der Waals surface area contributed by atoms with Crippen molar-refractivity contribution in [2.24, 2.45) is 0 Å². The summed E-state index contributed by atoms with van der Waals surface area (Å²) >= 11 is 5.95. The van der Waals surface area contributed by atoms with Crippen LogP contribution >= 0.6 is 11.6 Å². The number of hydrogen-bond acceptors (Lipinski definition) is 5. The van der Waals surface area contributed by atoms with Crippen LogP contribution in [0.1, 0.15) is 5.69 Å². The maximum Gasteiger partial charge on any atom is 0.433 e. The van der Waals surface area contributed by atoms with E-state index in [0.29, 0.717) is 27.4 Å². The van der Waals surface area contributed by atoms with Crippen molar-refractivity contribution in [1.29, 1.82) is 0 Å². The van der Waals surface area contributed by atoms with Gasteiger partial charge in [0.05, 0.1) is 16.9 Å². The standard InChI is InChI=1S/C22H12ClF3N4O2/c23-12-2-4-13(5-3-12)30-20-14(6-8-17(29-20)22(24,25)26)19(27)18(21(30)31)11-1-7-15-16(9-11)32-10-28-15/h1-10H,27H2. The third-order valence-electron chi connectivity index (χ3n) is 5.06. The average molecular weight is 457 g/mol. The number of hydrogen-bond donors (Lipinski definition) is 1. The number of rotatable bonds is 2. The summed E-state index contributed by atoms with van der Waals surface area (Å²) in [5.74, 6) is 0. The van der Waals surface area contributed by atoms with Gasteiger partial charge in [-0.1, -0.05) is 17.7 Å². The molecule has 0 spiro atoms. The molecule has 0 aliphatic rings. The van der Waals surface area contributed by atoms with Crippen molar-refractivity contribution in [3.05, 3.63) is 82.1 Å². The minimum absolute atomic E-state index is 0.00954. The molecular formula is C22H12ClF3N4O2. The molecule has 32 heavy (non-hydrogen) atoms. The summed E-state index contributed by atoms with van der Waals surface area (Å²) in [6, 6.07) is 13.0. The topological polar surface area (TPSA) is 86.9 Å². The molecule has 10 heteroatoms. The fraction of sp³-hybridized carbons (Fsp3) is 0.0455. The van der Waals surface area contributed by atoms with E-state index in [1.807, 2.05) is 0 Å². The predicted molar refractivity (Wildman–Crippen MR) is 115 cm³/mol. The van der Waals surface area contributed by atoms with Gasteiger partial charge < -0.3 is 10.2 Å². The van der Waals surface area contributed by atoms with Gasteiger partial charge in [-0.25, -0.2) is 9.97 Å². The molecule has 6 nitrogen and oxygen atoms in total. The van der Waals surface area contributed by atoms with Crippen LogP contribution in [0.2, 0.25) is 5.02 Å². The van der Waals surface area contributed by atoms with E-state index in [-0.39, 0.29) is 22.3 Å². The first-order chi connectivity index (χ1) is 15.2. The molecule has 0 radical (unpaired) electrons. The largest absolute Gasteiger partial charge is 0.443 e. The van der Waals surface area contributed by atoms with Crippen molar-refractivity contribution in [2.45, 2.75) is 6.18 Å². The maximum atomic E-state index is 13.6. The normalized spacial score (nSPS) is 12.0. The van der Waals surface area contributed by atoms with E-state index in [1.54, 1.807) is 18.2 Å². The van der Waals surface area contributed by atoms with Crippen molar-refractivity contribution >= 4 is 39.4 Å². The van der Waals surface area contributed by atoms with Crippen LogP contribution in [0.3, 0.4) is 0 Å². The van der Waals surface area contributed by atoms with Crippen molar-refractivity contribution in [1.82, 2.24) is 14.5 Å². The van der Waals surface area contributed by atoms with Crippen molar-refractivity contribution in [3.8, 4) is 16.8 Å². The first-order valence-corrected chi connectivity index (χ1v) is 9.64. The fourth-order valence-electron chi connectivity index (χ4n) is 3.56. The first-order valence-electron chi connectivity index (χ1n) is 9.26. The van der Waals surface area contributed by atoms with E-state index in [9.17, 15) is 18.0 Å². The van der Waals surface area contributed by atoms with Gasteiger partial charge in [-0.2, -0.15) is 13.2 Å². The van der Waals surface area contributed by atoms with Crippen molar-refractivity contribution in [3.63, 3.8) is 0 Å². The lowest BCUT2D eigenvalue weighted by Crippen LogP contribution is -2.24. The Kier molecular flexibility index (Phi) is 4.45. The summed E-state index contributed by atoms with van der Waals surface area (Å²) < 4.78 is 46.5. The Morgan fingerprint density at radius 2 is 1.78 bits per heavy atom. The Hall–Kier alpha value is -3.85. The summed E-state index contributed by atoms with van der Waals surface area (Å²) in [7, 11) is 0. The third kappa shape index (κ3) is 3.18. The molecule has 2 aromatic carbocycles. The highest BCUT2D eigenvalue weighted by Crippen LogP contribution is 2.34. The number of fused-ring (bicyclic) bond motifs is 2. The molecule has 0 aliphatic carbocycles. The van der Waals surface area contributed by atoms with Crippen LogP contribution in [0, 0.1) is 0 Å². The molecule has 0 bridgehead atoms. The van der Waals surface area contributed by atoms with E-state index in [4.69, 9.17) is 21.8 Å². The lowest BCUT2D eigenvalue weighted by atomic mass is 10.0. The van der Waals surface area contributed by atoms with Gasteiger partial charge >= 0.3 is 6.18 Å². The van der Waals surface area contributed by atoms with Gasteiger partial charge in [-0.15, -0.1) is 0 Å². The number of nitrogens with two attached hydrogens (primary N) is 1. The third-order valence-corrected chi connectivity index (χ3v) is 5.31. The van der Waals surface area contributed by atoms with Crippen LogP contribution < -0.4 is 11.3 Å². The minimum Gasteiger partial charge on any atom is -0.443 e. The molecule has 3 aromatic heterocycles. The molecule has 0 aliphatic heterocycles. The van der Waals surface area contributed by atoms with E-state index >= 15 is 0 Å². The first kappa shape index (κ1) is 20.1. The predicted octanol–water partition coefficient (Wildman–Crippen LogP) is 5.45. The molecule has 0 amide bonds. The molecular weight excluding hydrogens is 445 g/mol. The number of alkyl halides is 3. The van der Waals surface area contributed by atoms with Crippen molar-refractivity contribution < 1.29 is 17.6 Å². The van der Waals surface area contributed by atoms with E-state index < -0.39 is 17.4 Å². The molecule has 2 N–H and O–H groups in total. The molecule has 0 atom stereocenters. The number of anilines is 1. The van der Waals surface area contributed by atoms with Crippen LogP contribution in [0.25, 0.3) is 38.9 Å². The number of oxazole rings is 1. The highest BCUT2D eigenvalue weighted by atomic mass is 35.5. The van der Waals surface area contributed by atoms with E-state index in [1.165, 1.54) is 36.7 Å². The van der Waals surface area contributed by atoms with Gasteiger partial charge in [-0.3, -0.25) is 9.36 Å². The van der Waals surface area contributed by atoms with Crippen LogP contribution in [-0.2, 0) is 6.18 Å². The lowest BCUT2D eigenvalue weighted by Gasteiger charge is -2.17. The van der Waals surface area contributed by atoms with Crippen LogP contribution in [0.5, 0.6) is 0 Å². The average Bonchev–Trinajstić information content (AvgIpc) is 3.22. The SMILES string of the molecule is Nc1c(-c2ccc3ncoc3c2)c(=O)n(-c2ccc(Cl)cc2)c2nc(C(F)(F)F)ccc12. The summed E-state index contributed by atoms with van der Waals surface area (Å²) in [6.45, 7) is 0. The van der Waals surface area contributed by atoms with Crippen LogP contribution in [0.15, 0.2) is 70.2 Å². The second-order valence-corrected chi connectivity index (χ2v) is 7.44. The fourth-order valence-corrected chi connectivity index (χ4v) is 3.69. The summed E-state index contributed by atoms with van der Waals surface area (Å²) in [5.41, 5.74) is 6.17. The van der Waals surface area contributed by atoms with Gasteiger partial charge in [0.15, 0.2) is 12.0 Å². The molecule has 0 unspecified atom stereocenters. The molecule has 160 valence electrons. The smallest absolute Gasteiger partial charge is 0.433 e. The summed E-state index contributed by atoms with van der Waals surface area (Å²) in [4.78, 5) is 21.4. The molecule has 5 rings (SSSR count). The Morgan fingerprint density at radius 3 is 2.50 bits per heavy atom. The Balaban J connectivity index is 1.90. The highest BCUT2D eigenvalue weighted by molar-refractivity contribution is 6.30. The van der Waals surface area contributed by atoms with Gasteiger partial charge in [-0.05, 0) is 54.1 Å². The zero-order valence-electron chi connectivity index (χ0n) is 16.0. The van der Waals surface area contributed by atoms with Gasteiger partial charge in [0, 0.05) is 10.4 Å². The van der Waals surface area contributed by atoms with Gasteiger partial charge in [0.2, 0.25) is 0 Å². The molecule has 0 fully saturated rings. The van der Waals surface area contributed by atoms with Crippen LogP contribution in [-0.4, -0.2) is 14.5 Å². The monoisotopic (exact) mass is 456 g/mol.